The molecule has 3 heteroatoms. The first kappa shape index (κ1) is 16.9. The molecular weight excluding hydrogens is 272 g/mol. The summed E-state index contributed by atoms with van der Waals surface area (Å²) in [6.07, 6.45) is 5.46. The average molecular weight is 302 g/mol. The summed E-state index contributed by atoms with van der Waals surface area (Å²) in [5.41, 5.74) is 2.68. The molecule has 0 spiro atoms. The predicted molar refractivity (Wildman–Crippen MR) is 93.3 cm³/mol. The van der Waals surface area contributed by atoms with Crippen LogP contribution in [0.25, 0.3) is 0 Å². The lowest BCUT2D eigenvalue weighted by Crippen LogP contribution is -2.29. The van der Waals surface area contributed by atoms with Gasteiger partial charge in [-0.25, -0.2) is 0 Å². The Morgan fingerprint density at radius 3 is 2.32 bits per heavy atom. The van der Waals surface area contributed by atoms with Crippen LogP contribution in [0.15, 0.2) is 24.3 Å². The van der Waals surface area contributed by atoms with Gasteiger partial charge >= 0.3 is 0 Å². The standard InChI is InChI=1S/C19H30N2O/c1-19(2,3)15-18(22)20-12-11-16-7-9-17(10-8-16)21-13-5-4-6-14-21/h7-10H,4-6,11-15H2,1-3H3,(H,20,22). The molecule has 1 aromatic rings. The normalized spacial score (nSPS) is 15.7. The molecule has 0 unspecified atom stereocenters. The minimum absolute atomic E-state index is 0.0557. The zero-order valence-electron chi connectivity index (χ0n) is 14.3. The van der Waals surface area contributed by atoms with Crippen LogP contribution in [0.3, 0.4) is 0 Å². The van der Waals surface area contributed by atoms with Crippen molar-refractivity contribution < 1.29 is 4.79 Å². The molecule has 1 heterocycles. The number of carbonyl (C=O) groups is 1. The van der Waals surface area contributed by atoms with Crippen molar-refractivity contribution in [3.05, 3.63) is 29.8 Å². The highest BCUT2D eigenvalue weighted by molar-refractivity contribution is 5.76. The molecule has 0 saturated carbocycles. The van der Waals surface area contributed by atoms with Crippen LogP contribution in [0, 0.1) is 5.41 Å². The zero-order chi connectivity index (χ0) is 16.0. The number of anilines is 1. The second-order valence-corrected chi connectivity index (χ2v) is 7.55. The van der Waals surface area contributed by atoms with Gasteiger partial charge in [0.1, 0.15) is 0 Å². The maximum atomic E-state index is 11.8. The van der Waals surface area contributed by atoms with Crippen molar-refractivity contribution in [3.63, 3.8) is 0 Å². The second-order valence-electron chi connectivity index (χ2n) is 7.55. The Bertz CT molecular complexity index is 467. The lowest BCUT2D eigenvalue weighted by Gasteiger charge is -2.28. The number of nitrogens with zero attached hydrogens (tertiary/aromatic N) is 1. The maximum Gasteiger partial charge on any atom is 0.220 e. The van der Waals surface area contributed by atoms with E-state index in [1.54, 1.807) is 0 Å². The molecule has 0 atom stereocenters. The molecule has 1 aliphatic rings. The summed E-state index contributed by atoms with van der Waals surface area (Å²) in [6.45, 7) is 9.35. The summed E-state index contributed by atoms with van der Waals surface area (Å²) < 4.78 is 0. The quantitative estimate of drug-likeness (QED) is 0.898. The monoisotopic (exact) mass is 302 g/mol. The van der Waals surface area contributed by atoms with E-state index < -0.39 is 0 Å². The number of rotatable bonds is 5. The molecule has 2 rings (SSSR count). The summed E-state index contributed by atoms with van der Waals surface area (Å²) >= 11 is 0. The van der Waals surface area contributed by atoms with Crippen molar-refractivity contribution in [1.29, 1.82) is 0 Å². The Hall–Kier alpha value is -1.51. The molecule has 1 amide bonds. The molecule has 122 valence electrons. The summed E-state index contributed by atoms with van der Waals surface area (Å²) in [4.78, 5) is 14.3. The molecular formula is C19H30N2O. The van der Waals surface area contributed by atoms with Gasteiger partial charge in [-0.1, -0.05) is 32.9 Å². The van der Waals surface area contributed by atoms with Crippen molar-refractivity contribution in [2.45, 2.75) is 52.9 Å². The molecule has 1 aromatic carbocycles. The minimum Gasteiger partial charge on any atom is -0.372 e. The predicted octanol–water partition coefficient (Wildman–Crippen LogP) is 3.77. The van der Waals surface area contributed by atoms with Gasteiger partial charge < -0.3 is 10.2 Å². The van der Waals surface area contributed by atoms with E-state index in [1.807, 2.05) is 0 Å². The van der Waals surface area contributed by atoms with Crippen LogP contribution in [0.1, 0.15) is 52.0 Å². The van der Waals surface area contributed by atoms with E-state index in [0.717, 1.165) is 13.0 Å². The second kappa shape index (κ2) is 7.66. The average Bonchev–Trinajstić information content (AvgIpc) is 2.47. The summed E-state index contributed by atoms with van der Waals surface area (Å²) in [6, 6.07) is 8.83. The summed E-state index contributed by atoms with van der Waals surface area (Å²) in [7, 11) is 0. The number of hydrogen-bond acceptors (Lipinski definition) is 2. The maximum absolute atomic E-state index is 11.8. The first-order valence-corrected chi connectivity index (χ1v) is 8.55. The van der Waals surface area contributed by atoms with Gasteiger partial charge in [-0.3, -0.25) is 4.79 Å². The highest BCUT2D eigenvalue weighted by Gasteiger charge is 2.15. The van der Waals surface area contributed by atoms with Gasteiger partial charge in [0.15, 0.2) is 0 Å². The number of benzene rings is 1. The fourth-order valence-corrected chi connectivity index (χ4v) is 2.92. The van der Waals surface area contributed by atoms with Gasteiger partial charge in [0.25, 0.3) is 0 Å². The summed E-state index contributed by atoms with van der Waals surface area (Å²) in [5.74, 6) is 0.150. The molecule has 1 fully saturated rings. The highest BCUT2D eigenvalue weighted by Crippen LogP contribution is 2.20. The van der Waals surface area contributed by atoms with Crippen LogP contribution in [0.4, 0.5) is 5.69 Å². The van der Waals surface area contributed by atoms with E-state index >= 15 is 0 Å². The first-order chi connectivity index (χ1) is 10.4. The van der Waals surface area contributed by atoms with Gasteiger partial charge in [0.2, 0.25) is 5.91 Å². The molecule has 1 N–H and O–H groups in total. The van der Waals surface area contributed by atoms with Crippen LogP contribution in [-0.4, -0.2) is 25.5 Å². The SMILES string of the molecule is CC(C)(C)CC(=O)NCCc1ccc(N2CCCCC2)cc1. The molecule has 1 saturated heterocycles. The Morgan fingerprint density at radius 2 is 1.73 bits per heavy atom. The Balaban J connectivity index is 1.75. The van der Waals surface area contributed by atoms with Gasteiger partial charge in [0, 0.05) is 31.7 Å². The fourth-order valence-electron chi connectivity index (χ4n) is 2.92. The molecule has 3 nitrogen and oxygen atoms in total. The molecule has 0 radical (unpaired) electrons. The third-order valence-electron chi connectivity index (χ3n) is 4.08. The van der Waals surface area contributed by atoms with Crippen molar-refractivity contribution >= 4 is 11.6 Å². The third kappa shape index (κ3) is 5.70. The third-order valence-corrected chi connectivity index (χ3v) is 4.08. The van der Waals surface area contributed by atoms with E-state index in [0.29, 0.717) is 6.42 Å². The fraction of sp³-hybridized carbons (Fsp3) is 0.632. The topological polar surface area (TPSA) is 32.3 Å². The Labute approximate surface area is 135 Å². The first-order valence-electron chi connectivity index (χ1n) is 8.55. The minimum atomic E-state index is 0.0557. The lowest BCUT2D eigenvalue weighted by atomic mass is 9.92. The number of nitrogens with one attached hydrogen (secondary N) is 1. The van der Waals surface area contributed by atoms with Crippen molar-refractivity contribution in [2.75, 3.05) is 24.5 Å². The molecule has 0 aliphatic carbocycles. The van der Waals surface area contributed by atoms with Crippen LogP contribution >= 0.6 is 0 Å². The van der Waals surface area contributed by atoms with E-state index in [-0.39, 0.29) is 11.3 Å². The van der Waals surface area contributed by atoms with Crippen LogP contribution in [0.2, 0.25) is 0 Å². The van der Waals surface area contributed by atoms with Crippen LogP contribution in [-0.2, 0) is 11.2 Å². The van der Waals surface area contributed by atoms with Gasteiger partial charge in [-0.05, 0) is 48.8 Å². The molecule has 22 heavy (non-hydrogen) atoms. The lowest BCUT2D eigenvalue weighted by molar-refractivity contribution is -0.122. The van der Waals surface area contributed by atoms with Gasteiger partial charge in [0.05, 0.1) is 0 Å². The molecule has 0 bridgehead atoms. The molecule has 0 aromatic heterocycles. The number of amides is 1. The smallest absolute Gasteiger partial charge is 0.220 e. The van der Waals surface area contributed by atoms with Crippen molar-refractivity contribution in [3.8, 4) is 0 Å². The largest absolute Gasteiger partial charge is 0.372 e. The van der Waals surface area contributed by atoms with E-state index in [4.69, 9.17) is 0 Å². The summed E-state index contributed by atoms with van der Waals surface area (Å²) in [5, 5.41) is 3.02. The van der Waals surface area contributed by atoms with E-state index in [1.165, 1.54) is 43.6 Å². The Morgan fingerprint density at radius 1 is 1.09 bits per heavy atom. The highest BCUT2D eigenvalue weighted by atomic mass is 16.1. The zero-order valence-corrected chi connectivity index (χ0v) is 14.3. The Kier molecular flexibility index (Phi) is 5.87. The number of carbonyl (C=O) groups excluding carboxylic acids is 1. The van der Waals surface area contributed by atoms with Crippen molar-refractivity contribution in [2.24, 2.45) is 5.41 Å². The number of hydrogen-bond donors (Lipinski definition) is 1. The van der Waals surface area contributed by atoms with Gasteiger partial charge in [-0.2, -0.15) is 0 Å². The van der Waals surface area contributed by atoms with E-state index in [2.05, 4.69) is 55.3 Å². The van der Waals surface area contributed by atoms with Gasteiger partial charge in [-0.15, -0.1) is 0 Å². The van der Waals surface area contributed by atoms with Crippen LogP contribution < -0.4 is 10.2 Å². The van der Waals surface area contributed by atoms with E-state index in [9.17, 15) is 4.79 Å². The number of piperidine rings is 1. The van der Waals surface area contributed by atoms with Crippen molar-refractivity contribution in [1.82, 2.24) is 5.32 Å². The van der Waals surface area contributed by atoms with Crippen LogP contribution in [0.5, 0.6) is 0 Å². The molecule has 1 aliphatic heterocycles.